The van der Waals surface area contributed by atoms with E-state index in [-0.39, 0.29) is 23.0 Å². The minimum Gasteiger partial charge on any atom is -0.478 e. The van der Waals surface area contributed by atoms with E-state index in [1.165, 1.54) is 6.07 Å². The zero-order chi connectivity index (χ0) is 13.9. The molecule has 0 aliphatic heterocycles. The standard InChI is InChI=1S/C12H17FN2O2S/c1-7(6-18-3)15(2)11-4-8(12(16)17)10(14)5-9(11)13/h4-5,7H,6,14H2,1-3H3,(H,16,17). The van der Waals surface area contributed by atoms with Crippen LogP contribution >= 0.6 is 11.8 Å². The lowest BCUT2D eigenvalue weighted by molar-refractivity contribution is 0.0698. The van der Waals surface area contributed by atoms with Gasteiger partial charge in [0.2, 0.25) is 0 Å². The summed E-state index contributed by atoms with van der Waals surface area (Å²) in [5.74, 6) is -0.837. The highest BCUT2D eigenvalue weighted by atomic mass is 32.2. The summed E-state index contributed by atoms with van der Waals surface area (Å²) < 4.78 is 13.8. The van der Waals surface area contributed by atoms with Gasteiger partial charge in [-0.2, -0.15) is 11.8 Å². The van der Waals surface area contributed by atoms with Crippen LogP contribution in [-0.4, -0.2) is 36.2 Å². The third-order valence-corrected chi connectivity index (χ3v) is 3.61. The number of carboxylic acids is 1. The van der Waals surface area contributed by atoms with E-state index in [1.54, 1.807) is 23.7 Å². The lowest BCUT2D eigenvalue weighted by Gasteiger charge is -2.27. The van der Waals surface area contributed by atoms with Gasteiger partial charge in [-0.25, -0.2) is 9.18 Å². The van der Waals surface area contributed by atoms with Crippen molar-refractivity contribution in [3.05, 3.63) is 23.5 Å². The van der Waals surface area contributed by atoms with Crippen molar-refractivity contribution < 1.29 is 14.3 Å². The average Bonchev–Trinajstić information content (AvgIpc) is 2.28. The quantitative estimate of drug-likeness (QED) is 0.805. The molecule has 0 aliphatic carbocycles. The third kappa shape index (κ3) is 3.07. The van der Waals surface area contributed by atoms with Crippen LogP contribution in [0.1, 0.15) is 17.3 Å². The van der Waals surface area contributed by atoms with E-state index >= 15 is 0 Å². The predicted molar refractivity (Wildman–Crippen MR) is 74.0 cm³/mol. The minimum atomic E-state index is -1.15. The van der Waals surface area contributed by atoms with Gasteiger partial charge in [-0.1, -0.05) is 0 Å². The summed E-state index contributed by atoms with van der Waals surface area (Å²) in [5.41, 5.74) is 5.60. The Kier molecular flexibility index (Phi) is 4.84. The van der Waals surface area contributed by atoms with E-state index in [1.807, 2.05) is 13.2 Å². The number of halogens is 1. The number of hydrogen-bond acceptors (Lipinski definition) is 4. The molecule has 0 bridgehead atoms. The number of carbonyl (C=O) groups is 1. The highest BCUT2D eigenvalue weighted by Gasteiger charge is 2.18. The van der Waals surface area contributed by atoms with Gasteiger partial charge in [0.1, 0.15) is 5.82 Å². The van der Waals surface area contributed by atoms with Crippen molar-refractivity contribution in [3.63, 3.8) is 0 Å². The number of nitrogen functional groups attached to an aromatic ring is 1. The Balaban J connectivity index is 3.15. The number of carboxylic acid groups (broad SMARTS) is 1. The maximum atomic E-state index is 13.8. The molecule has 1 aromatic rings. The summed E-state index contributed by atoms with van der Waals surface area (Å²) >= 11 is 1.65. The maximum Gasteiger partial charge on any atom is 0.337 e. The van der Waals surface area contributed by atoms with Crippen molar-refractivity contribution in [2.45, 2.75) is 13.0 Å². The normalized spacial score (nSPS) is 12.2. The first-order valence-corrected chi connectivity index (χ1v) is 6.82. The van der Waals surface area contributed by atoms with Gasteiger partial charge in [0, 0.05) is 24.5 Å². The van der Waals surface area contributed by atoms with Gasteiger partial charge in [0.05, 0.1) is 11.3 Å². The van der Waals surface area contributed by atoms with Crippen molar-refractivity contribution in [1.29, 1.82) is 0 Å². The van der Waals surface area contributed by atoms with Crippen molar-refractivity contribution in [2.24, 2.45) is 0 Å². The van der Waals surface area contributed by atoms with Gasteiger partial charge in [-0.3, -0.25) is 0 Å². The second kappa shape index (κ2) is 5.95. The molecule has 1 atom stereocenters. The molecule has 6 heteroatoms. The molecule has 18 heavy (non-hydrogen) atoms. The Labute approximate surface area is 110 Å². The molecule has 3 N–H and O–H groups in total. The van der Waals surface area contributed by atoms with Crippen LogP contribution in [0.15, 0.2) is 12.1 Å². The fourth-order valence-corrected chi connectivity index (χ4v) is 2.33. The van der Waals surface area contributed by atoms with E-state index in [9.17, 15) is 9.18 Å². The predicted octanol–water partition coefficient (Wildman–Crippen LogP) is 2.29. The zero-order valence-electron chi connectivity index (χ0n) is 10.6. The molecule has 4 nitrogen and oxygen atoms in total. The molecule has 0 heterocycles. The smallest absolute Gasteiger partial charge is 0.337 e. The van der Waals surface area contributed by atoms with Gasteiger partial charge >= 0.3 is 5.97 Å². The van der Waals surface area contributed by atoms with Crippen molar-refractivity contribution >= 4 is 29.1 Å². The van der Waals surface area contributed by atoms with Crippen LogP contribution in [0.2, 0.25) is 0 Å². The van der Waals surface area contributed by atoms with E-state index in [2.05, 4.69) is 0 Å². The molecule has 0 radical (unpaired) electrons. The third-order valence-electron chi connectivity index (χ3n) is 2.80. The first kappa shape index (κ1) is 14.6. The average molecular weight is 272 g/mol. The first-order chi connectivity index (χ1) is 8.38. The van der Waals surface area contributed by atoms with Gasteiger partial charge in [0.15, 0.2) is 0 Å². The van der Waals surface area contributed by atoms with Crippen LogP contribution < -0.4 is 10.6 Å². The molecule has 1 aromatic carbocycles. The van der Waals surface area contributed by atoms with Crippen LogP contribution in [0.4, 0.5) is 15.8 Å². The van der Waals surface area contributed by atoms with E-state index in [4.69, 9.17) is 10.8 Å². The second-order valence-electron chi connectivity index (χ2n) is 4.11. The number of nitrogens with two attached hydrogens (primary N) is 1. The van der Waals surface area contributed by atoms with Crippen LogP contribution in [0.25, 0.3) is 0 Å². The summed E-state index contributed by atoms with van der Waals surface area (Å²) in [6.07, 6.45) is 1.96. The topological polar surface area (TPSA) is 66.6 Å². The number of benzene rings is 1. The number of thioether (sulfide) groups is 1. The summed E-state index contributed by atoms with van der Waals surface area (Å²) in [6, 6.07) is 2.44. The Morgan fingerprint density at radius 1 is 1.61 bits per heavy atom. The summed E-state index contributed by atoms with van der Waals surface area (Å²) in [7, 11) is 1.74. The molecule has 0 saturated heterocycles. The second-order valence-corrected chi connectivity index (χ2v) is 5.02. The first-order valence-electron chi connectivity index (χ1n) is 5.42. The van der Waals surface area contributed by atoms with E-state index in [0.717, 1.165) is 11.8 Å². The molecular formula is C12H17FN2O2S. The largest absolute Gasteiger partial charge is 0.478 e. The van der Waals surface area contributed by atoms with Crippen molar-refractivity contribution in [1.82, 2.24) is 0 Å². The summed E-state index contributed by atoms with van der Waals surface area (Å²) in [5, 5.41) is 8.98. The molecule has 0 aromatic heterocycles. The zero-order valence-corrected chi connectivity index (χ0v) is 11.4. The minimum absolute atomic E-state index is 0.0605. The molecule has 1 unspecified atom stereocenters. The lowest BCUT2D eigenvalue weighted by Crippen LogP contribution is -2.31. The fourth-order valence-electron chi connectivity index (χ4n) is 1.62. The SMILES string of the molecule is CSCC(C)N(C)c1cc(C(=O)O)c(N)cc1F. The Morgan fingerprint density at radius 2 is 2.22 bits per heavy atom. The number of nitrogens with zero attached hydrogens (tertiary/aromatic N) is 1. The van der Waals surface area contributed by atoms with Crippen molar-refractivity contribution in [3.8, 4) is 0 Å². The molecular weight excluding hydrogens is 255 g/mol. The molecule has 100 valence electrons. The van der Waals surface area contributed by atoms with E-state index in [0.29, 0.717) is 0 Å². The van der Waals surface area contributed by atoms with Gasteiger partial charge in [-0.05, 0) is 25.3 Å². The Bertz CT molecular complexity index is 454. The highest BCUT2D eigenvalue weighted by Crippen LogP contribution is 2.26. The Morgan fingerprint density at radius 3 is 2.72 bits per heavy atom. The van der Waals surface area contributed by atoms with Crippen LogP contribution in [0, 0.1) is 5.82 Å². The lowest BCUT2D eigenvalue weighted by atomic mass is 10.1. The highest BCUT2D eigenvalue weighted by molar-refractivity contribution is 7.98. The molecule has 0 amide bonds. The van der Waals surface area contributed by atoms with Gasteiger partial charge < -0.3 is 15.7 Å². The van der Waals surface area contributed by atoms with Crippen LogP contribution in [0.5, 0.6) is 0 Å². The van der Waals surface area contributed by atoms with Crippen LogP contribution in [0.3, 0.4) is 0 Å². The van der Waals surface area contributed by atoms with E-state index < -0.39 is 11.8 Å². The number of hydrogen-bond donors (Lipinski definition) is 2. The number of aromatic carboxylic acids is 1. The Hall–Kier alpha value is -1.43. The molecule has 0 aliphatic rings. The van der Waals surface area contributed by atoms with Crippen LogP contribution in [-0.2, 0) is 0 Å². The number of anilines is 2. The fraction of sp³-hybridized carbons (Fsp3) is 0.417. The number of rotatable bonds is 5. The summed E-state index contributed by atoms with van der Waals surface area (Å²) in [6.45, 7) is 1.95. The van der Waals surface area contributed by atoms with Crippen molar-refractivity contribution in [2.75, 3.05) is 29.7 Å². The maximum absolute atomic E-state index is 13.8. The molecule has 1 rings (SSSR count). The monoisotopic (exact) mass is 272 g/mol. The molecule has 0 fully saturated rings. The molecule has 0 saturated carbocycles. The van der Waals surface area contributed by atoms with Gasteiger partial charge in [0.25, 0.3) is 0 Å². The molecule has 0 spiro atoms. The van der Waals surface area contributed by atoms with Gasteiger partial charge in [-0.15, -0.1) is 0 Å². The summed E-state index contributed by atoms with van der Waals surface area (Å²) in [4.78, 5) is 12.7.